The van der Waals surface area contributed by atoms with Crippen LogP contribution in [0.4, 0.5) is 13.2 Å². The number of aliphatic hydroxyl groups is 1. The second kappa shape index (κ2) is 4.09. The van der Waals surface area contributed by atoms with Crippen LogP contribution >= 0.6 is 0 Å². The third-order valence-electron chi connectivity index (χ3n) is 2.06. The predicted molar refractivity (Wildman–Crippen MR) is 38.0 cm³/mol. The average Bonchev–Trinajstić information content (AvgIpc) is 2.29. The van der Waals surface area contributed by atoms with Gasteiger partial charge >= 0.3 is 0 Å². The van der Waals surface area contributed by atoms with E-state index in [1.165, 1.54) is 4.90 Å². The third kappa shape index (κ3) is 2.35. The summed E-state index contributed by atoms with van der Waals surface area (Å²) in [5.74, 6) is 0. The van der Waals surface area contributed by atoms with E-state index in [0.29, 0.717) is 0 Å². The van der Waals surface area contributed by atoms with Crippen molar-refractivity contribution in [3.63, 3.8) is 0 Å². The van der Waals surface area contributed by atoms with Gasteiger partial charge in [-0.05, 0) is 6.42 Å². The van der Waals surface area contributed by atoms with Crippen molar-refractivity contribution in [2.45, 2.75) is 25.1 Å². The van der Waals surface area contributed by atoms with E-state index in [9.17, 15) is 13.2 Å². The smallest absolute Gasteiger partial charge is 0.251 e. The summed E-state index contributed by atoms with van der Waals surface area (Å²) in [6.07, 6.45) is -3.35. The molecule has 2 nitrogen and oxygen atoms in total. The number of likely N-dealkylation sites (tertiary alicyclic amines) is 1. The molecule has 0 aliphatic carbocycles. The molecule has 0 radical (unpaired) electrons. The van der Waals surface area contributed by atoms with Crippen molar-refractivity contribution >= 4 is 0 Å². The van der Waals surface area contributed by atoms with E-state index in [0.717, 1.165) is 0 Å². The molecule has 2 unspecified atom stereocenters. The molecule has 5 heteroatoms. The second-order valence-corrected chi connectivity index (χ2v) is 3.01. The number of hydrogen-bond donors (Lipinski definition) is 1. The van der Waals surface area contributed by atoms with Crippen LogP contribution in [0, 0.1) is 0 Å². The average molecular weight is 183 g/mol. The highest BCUT2D eigenvalue weighted by Crippen LogP contribution is 2.20. The molecule has 1 aliphatic heterocycles. The summed E-state index contributed by atoms with van der Waals surface area (Å²) in [5, 5.41) is 8.71. The Hall–Kier alpha value is -0.290. The van der Waals surface area contributed by atoms with Gasteiger partial charge in [-0.2, -0.15) is 0 Å². The zero-order valence-corrected chi connectivity index (χ0v) is 6.59. The van der Waals surface area contributed by atoms with Gasteiger partial charge in [-0.25, -0.2) is 13.2 Å². The lowest BCUT2D eigenvalue weighted by Crippen LogP contribution is -2.36. The van der Waals surface area contributed by atoms with Crippen LogP contribution in [0.2, 0.25) is 0 Å². The summed E-state index contributed by atoms with van der Waals surface area (Å²) in [5.41, 5.74) is 0. The van der Waals surface area contributed by atoms with Crippen LogP contribution in [0.25, 0.3) is 0 Å². The molecule has 0 aromatic heterocycles. The van der Waals surface area contributed by atoms with E-state index < -0.39 is 25.2 Å². The van der Waals surface area contributed by atoms with E-state index in [4.69, 9.17) is 5.11 Å². The fraction of sp³-hybridized carbons (Fsp3) is 1.00. The van der Waals surface area contributed by atoms with Crippen molar-refractivity contribution in [3.05, 3.63) is 0 Å². The topological polar surface area (TPSA) is 23.5 Å². The van der Waals surface area contributed by atoms with Gasteiger partial charge in [-0.3, -0.25) is 4.90 Å². The minimum absolute atomic E-state index is 0.0234. The Labute approximate surface area is 69.0 Å². The lowest BCUT2D eigenvalue weighted by Gasteiger charge is -2.21. The Kier molecular flexibility index (Phi) is 3.34. The summed E-state index contributed by atoms with van der Waals surface area (Å²) < 4.78 is 36.4. The van der Waals surface area contributed by atoms with E-state index in [1.54, 1.807) is 0 Å². The monoisotopic (exact) mass is 183 g/mol. The first kappa shape index (κ1) is 9.80. The molecule has 1 saturated heterocycles. The van der Waals surface area contributed by atoms with Crippen molar-refractivity contribution in [2.75, 3.05) is 19.7 Å². The number of alkyl halides is 3. The molecule has 0 spiro atoms. The van der Waals surface area contributed by atoms with Gasteiger partial charge in [-0.15, -0.1) is 0 Å². The number of aliphatic hydroxyl groups excluding tert-OH is 1. The van der Waals surface area contributed by atoms with Crippen molar-refractivity contribution < 1.29 is 18.3 Å². The van der Waals surface area contributed by atoms with Gasteiger partial charge in [0.05, 0.1) is 13.2 Å². The maximum absolute atomic E-state index is 12.7. The Balaban J connectivity index is 2.40. The lowest BCUT2D eigenvalue weighted by molar-refractivity contribution is 0.0652. The highest BCUT2D eigenvalue weighted by Gasteiger charge is 2.32. The Morgan fingerprint density at radius 1 is 1.50 bits per heavy atom. The van der Waals surface area contributed by atoms with Crippen molar-refractivity contribution in [1.29, 1.82) is 0 Å². The van der Waals surface area contributed by atoms with Crippen LogP contribution in [0.15, 0.2) is 0 Å². The molecule has 1 heterocycles. The quantitative estimate of drug-likeness (QED) is 0.694. The van der Waals surface area contributed by atoms with Crippen LogP contribution in [-0.2, 0) is 0 Å². The minimum Gasteiger partial charge on any atom is -0.395 e. The molecule has 0 saturated carbocycles. The molecule has 0 aromatic rings. The highest BCUT2D eigenvalue weighted by atomic mass is 19.3. The van der Waals surface area contributed by atoms with Gasteiger partial charge in [0.15, 0.2) is 0 Å². The molecule has 2 atom stereocenters. The van der Waals surface area contributed by atoms with Crippen LogP contribution in [-0.4, -0.2) is 48.3 Å². The van der Waals surface area contributed by atoms with Crippen LogP contribution in [0.1, 0.15) is 6.42 Å². The first-order valence-electron chi connectivity index (χ1n) is 3.90. The van der Waals surface area contributed by atoms with Crippen LogP contribution in [0.3, 0.4) is 0 Å². The fourth-order valence-electron chi connectivity index (χ4n) is 1.51. The normalized spacial score (nSPS) is 31.8. The molecular formula is C7H12F3NO. The van der Waals surface area contributed by atoms with Gasteiger partial charge in [0.1, 0.15) is 6.17 Å². The molecule has 0 amide bonds. The summed E-state index contributed by atoms with van der Waals surface area (Å²) >= 11 is 0. The van der Waals surface area contributed by atoms with E-state index in [1.807, 2.05) is 0 Å². The zero-order valence-electron chi connectivity index (χ0n) is 6.59. The van der Waals surface area contributed by atoms with E-state index in [2.05, 4.69) is 0 Å². The fourth-order valence-corrected chi connectivity index (χ4v) is 1.51. The number of halogens is 3. The van der Waals surface area contributed by atoms with Crippen molar-refractivity contribution in [3.8, 4) is 0 Å². The SMILES string of the molecule is OCC1CC(F)CN1CC(F)F. The first-order chi connectivity index (χ1) is 5.63. The predicted octanol–water partition coefficient (Wildman–Crippen LogP) is 0.656. The molecule has 1 aliphatic rings. The van der Waals surface area contributed by atoms with Gasteiger partial charge < -0.3 is 5.11 Å². The van der Waals surface area contributed by atoms with Crippen molar-refractivity contribution in [2.24, 2.45) is 0 Å². The zero-order chi connectivity index (χ0) is 9.14. The summed E-state index contributed by atoms with van der Waals surface area (Å²) in [4.78, 5) is 1.30. The standard InChI is InChI=1S/C7H12F3NO/c8-5-1-6(4-12)11(2-5)3-7(9)10/h5-7,12H,1-4H2. The molecule has 1 rings (SSSR count). The Bertz CT molecular complexity index is 145. The highest BCUT2D eigenvalue weighted by molar-refractivity contribution is 4.84. The molecule has 1 N–H and O–H groups in total. The third-order valence-corrected chi connectivity index (χ3v) is 2.06. The second-order valence-electron chi connectivity index (χ2n) is 3.01. The minimum atomic E-state index is -2.45. The molecular weight excluding hydrogens is 171 g/mol. The van der Waals surface area contributed by atoms with Gasteiger partial charge in [0.2, 0.25) is 0 Å². The van der Waals surface area contributed by atoms with Gasteiger partial charge in [0, 0.05) is 12.6 Å². The first-order valence-corrected chi connectivity index (χ1v) is 3.90. The summed E-state index contributed by atoms with van der Waals surface area (Å²) in [6.45, 7) is -0.658. The lowest BCUT2D eigenvalue weighted by atomic mass is 10.2. The Morgan fingerprint density at radius 2 is 2.17 bits per heavy atom. The molecule has 0 aromatic carbocycles. The molecule has 72 valence electrons. The van der Waals surface area contributed by atoms with Gasteiger partial charge in [0.25, 0.3) is 6.43 Å². The van der Waals surface area contributed by atoms with Crippen LogP contribution in [0.5, 0.6) is 0 Å². The summed E-state index contributed by atoms with van der Waals surface area (Å²) in [7, 11) is 0. The van der Waals surface area contributed by atoms with E-state index >= 15 is 0 Å². The number of rotatable bonds is 3. The summed E-state index contributed by atoms with van der Waals surface area (Å²) in [6, 6.07) is -0.422. The van der Waals surface area contributed by atoms with Crippen molar-refractivity contribution in [1.82, 2.24) is 4.90 Å². The molecule has 0 bridgehead atoms. The van der Waals surface area contributed by atoms with Gasteiger partial charge in [-0.1, -0.05) is 0 Å². The van der Waals surface area contributed by atoms with E-state index in [-0.39, 0.29) is 19.6 Å². The maximum Gasteiger partial charge on any atom is 0.251 e. The van der Waals surface area contributed by atoms with Crippen LogP contribution < -0.4 is 0 Å². The Morgan fingerprint density at radius 3 is 2.67 bits per heavy atom. The number of nitrogens with zero attached hydrogens (tertiary/aromatic N) is 1. The maximum atomic E-state index is 12.7. The number of hydrogen-bond acceptors (Lipinski definition) is 2. The largest absolute Gasteiger partial charge is 0.395 e. The molecule has 1 fully saturated rings. The molecule has 12 heavy (non-hydrogen) atoms.